The van der Waals surface area contributed by atoms with Crippen LogP contribution >= 0.6 is 11.3 Å². The van der Waals surface area contributed by atoms with Gasteiger partial charge in [0.25, 0.3) is 5.91 Å². The van der Waals surface area contributed by atoms with Crippen LogP contribution in [0.2, 0.25) is 0 Å². The summed E-state index contributed by atoms with van der Waals surface area (Å²) in [7, 11) is 1.63. The van der Waals surface area contributed by atoms with E-state index < -0.39 is 5.54 Å². The highest BCUT2D eigenvalue weighted by molar-refractivity contribution is 7.16. The van der Waals surface area contributed by atoms with E-state index in [1.54, 1.807) is 23.3 Å². The fourth-order valence-electron chi connectivity index (χ4n) is 5.05. The van der Waals surface area contributed by atoms with Crippen LogP contribution in [0.1, 0.15) is 55.1 Å². The predicted molar refractivity (Wildman–Crippen MR) is 126 cm³/mol. The first-order chi connectivity index (χ1) is 15.5. The summed E-state index contributed by atoms with van der Waals surface area (Å²) in [6, 6.07) is 11.9. The lowest BCUT2D eigenvalue weighted by atomic mass is 9.91. The maximum atomic E-state index is 13.8. The molecule has 7 heteroatoms. The second-order valence-electron chi connectivity index (χ2n) is 9.12. The third-order valence-electron chi connectivity index (χ3n) is 6.93. The number of fused-ring (bicyclic) bond motifs is 3. The molecule has 0 bridgehead atoms. The van der Waals surface area contributed by atoms with Crippen LogP contribution < -0.4 is 10.1 Å². The monoisotopic (exact) mass is 451 g/mol. The van der Waals surface area contributed by atoms with Crippen LogP contribution in [0.4, 0.5) is 0 Å². The molecule has 0 radical (unpaired) electrons. The molecule has 3 heterocycles. The molecule has 1 aliphatic carbocycles. The van der Waals surface area contributed by atoms with Gasteiger partial charge in [-0.1, -0.05) is 31.4 Å². The first-order valence-corrected chi connectivity index (χ1v) is 12.2. The largest absolute Gasteiger partial charge is 0.497 e. The van der Waals surface area contributed by atoms with Gasteiger partial charge in [-0.3, -0.25) is 9.59 Å². The highest BCUT2D eigenvalue weighted by atomic mass is 32.1. The predicted octanol–water partition coefficient (Wildman–Crippen LogP) is 4.58. The molecule has 6 nitrogen and oxygen atoms in total. The minimum Gasteiger partial charge on any atom is -0.497 e. The van der Waals surface area contributed by atoms with Crippen LogP contribution in [0.15, 0.2) is 41.8 Å². The zero-order valence-corrected chi connectivity index (χ0v) is 19.4. The van der Waals surface area contributed by atoms with Crippen molar-refractivity contribution in [2.24, 2.45) is 0 Å². The number of benzene rings is 1. The smallest absolute Gasteiger partial charge is 0.271 e. The van der Waals surface area contributed by atoms with Gasteiger partial charge in [0.2, 0.25) is 5.91 Å². The summed E-state index contributed by atoms with van der Waals surface area (Å²) in [6.45, 7) is 2.70. The molecule has 1 aromatic carbocycles. The molecule has 1 N–H and O–H groups in total. The van der Waals surface area contributed by atoms with Gasteiger partial charge < -0.3 is 19.5 Å². The fraction of sp³-hybridized carbons (Fsp3) is 0.440. The number of amides is 2. The van der Waals surface area contributed by atoms with Gasteiger partial charge in [0.1, 0.15) is 21.8 Å². The molecule has 32 heavy (non-hydrogen) atoms. The van der Waals surface area contributed by atoms with Crippen molar-refractivity contribution in [3.05, 3.63) is 53.0 Å². The molecular weight excluding hydrogens is 422 g/mol. The molecule has 5 rings (SSSR count). The minimum atomic E-state index is -0.986. The molecule has 0 unspecified atom stereocenters. The Morgan fingerprint density at radius 2 is 2.03 bits per heavy atom. The molecule has 1 saturated carbocycles. The zero-order valence-electron chi connectivity index (χ0n) is 18.6. The van der Waals surface area contributed by atoms with E-state index in [4.69, 9.17) is 4.74 Å². The Morgan fingerprint density at radius 3 is 2.81 bits per heavy atom. The summed E-state index contributed by atoms with van der Waals surface area (Å²) in [5.74, 6) is 0.567. The number of rotatable bonds is 5. The normalized spacial score (nSPS) is 21.6. The number of nitrogens with zero attached hydrogens (tertiary/aromatic N) is 2. The molecule has 2 amide bonds. The second kappa shape index (κ2) is 8.28. The van der Waals surface area contributed by atoms with Crippen molar-refractivity contribution in [1.82, 2.24) is 14.8 Å². The van der Waals surface area contributed by atoms with Gasteiger partial charge in [0.15, 0.2) is 0 Å². The van der Waals surface area contributed by atoms with Crippen molar-refractivity contribution in [3.63, 3.8) is 0 Å². The van der Waals surface area contributed by atoms with Gasteiger partial charge in [-0.25, -0.2) is 0 Å². The van der Waals surface area contributed by atoms with Gasteiger partial charge >= 0.3 is 0 Å². The van der Waals surface area contributed by atoms with E-state index in [1.165, 1.54) is 6.42 Å². The Balaban J connectivity index is 1.53. The molecule has 1 atom stereocenters. The number of nitrogens with one attached hydrogen (secondary N) is 1. The average Bonchev–Trinajstić information content (AvgIpc) is 3.40. The Morgan fingerprint density at radius 1 is 1.22 bits per heavy atom. The molecule has 2 aliphatic rings. The third-order valence-corrected chi connectivity index (χ3v) is 7.88. The number of hydrogen-bond acceptors (Lipinski definition) is 4. The summed E-state index contributed by atoms with van der Waals surface area (Å²) >= 11 is 1.61. The van der Waals surface area contributed by atoms with Gasteiger partial charge in [-0.15, -0.1) is 11.3 Å². The van der Waals surface area contributed by atoms with Gasteiger partial charge in [-0.05, 0) is 55.0 Å². The molecule has 0 saturated heterocycles. The molecule has 3 aromatic rings. The number of ether oxygens (including phenoxy) is 1. The number of aromatic nitrogens is 1. The Labute approximate surface area is 192 Å². The van der Waals surface area contributed by atoms with Crippen LogP contribution in [0, 0.1) is 0 Å². The third kappa shape index (κ3) is 3.58. The van der Waals surface area contributed by atoms with Gasteiger partial charge in [-0.2, -0.15) is 0 Å². The molecule has 168 valence electrons. The summed E-state index contributed by atoms with van der Waals surface area (Å²) in [6.07, 6.45) is 5.54. The Kier molecular flexibility index (Phi) is 5.45. The SMILES string of the molecule is COc1cccc(CN2C(=O)c3cc4ccsc4n3C[C@@]2(C)C(=O)NC2CCCCC2)c1. The van der Waals surface area contributed by atoms with Crippen LogP contribution in [0.5, 0.6) is 5.75 Å². The van der Waals surface area contributed by atoms with Crippen molar-refractivity contribution in [3.8, 4) is 5.75 Å². The summed E-state index contributed by atoms with van der Waals surface area (Å²) in [4.78, 5) is 30.3. The first-order valence-electron chi connectivity index (χ1n) is 11.3. The van der Waals surface area contributed by atoms with E-state index in [2.05, 4.69) is 5.32 Å². The van der Waals surface area contributed by atoms with E-state index in [1.807, 2.05) is 53.3 Å². The van der Waals surface area contributed by atoms with E-state index in [-0.39, 0.29) is 17.9 Å². The van der Waals surface area contributed by atoms with Gasteiger partial charge in [0.05, 0.1) is 13.7 Å². The van der Waals surface area contributed by atoms with Crippen molar-refractivity contribution >= 4 is 33.4 Å². The topological polar surface area (TPSA) is 63.6 Å². The lowest BCUT2D eigenvalue weighted by Crippen LogP contribution is -2.64. The van der Waals surface area contributed by atoms with Crippen LogP contribution in [0.3, 0.4) is 0 Å². The standard InChI is InChI=1S/C25H29N3O3S/c1-25(24(30)26-19-8-4-3-5-9-19)16-27-21(14-18-11-12-32-23(18)27)22(29)28(25)15-17-7-6-10-20(13-17)31-2/h6-7,10-14,19H,3-5,8-9,15-16H2,1-2H3,(H,26,30)/t25-/m0/s1. The highest BCUT2D eigenvalue weighted by Crippen LogP contribution is 2.36. The Hall–Kier alpha value is -2.80. The molecule has 2 aromatic heterocycles. The Bertz CT molecular complexity index is 1160. The van der Waals surface area contributed by atoms with Crippen LogP contribution in [0.25, 0.3) is 10.2 Å². The number of hydrogen-bond donors (Lipinski definition) is 1. The van der Waals surface area contributed by atoms with Crippen LogP contribution in [-0.2, 0) is 17.9 Å². The molecule has 0 spiro atoms. The fourth-order valence-corrected chi connectivity index (χ4v) is 5.94. The van der Waals surface area contributed by atoms with E-state index in [9.17, 15) is 9.59 Å². The summed E-state index contributed by atoms with van der Waals surface area (Å²) < 4.78 is 7.40. The summed E-state index contributed by atoms with van der Waals surface area (Å²) in [5.41, 5.74) is 0.606. The maximum Gasteiger partial charge on any atom is 0.271 e. The zero-order chi connectivity index (χ0) is 22.3. The lowest BCUT2D eigenvalue weighted by molar-refractivity contribution is -0.134. The van der Waals surface area contributed by atoms with E-state index in [0.717, 1.165) is 47.2 Å². The number of methoxy groups -OCH3 is 1. The first kappa shape index (κ1) is 21.1. The number of thiophene rings is 1. The van der Waals surface area contributed by atoms with Gasteiger partial charge in [0, 0.05) is 18.0 Å². The highest BCUT2D eigenvalue weighted by Gasteiger charge is 2.48. The average molecular weight is 452 g/mol. The van der Waals surface area contributed by atoms with Crippen molar-refractivity contribution in [2.45, 2.75) is 63.7 Å². The minimum absolute atomic E-state index is 0.0651. The van der Waals surface area contributed by atoms with E-state index in [0.29, 0.717) is 18.8 Å². The molecule has 1 fully saturated rings. The van der Waals surface area contributed by atoms with E-state index >= 15 is 0 Å². The molecular formula is C25H29N3O3S. The molecule has 1 aliphatic heterocycles. The summed E-state index contributed by atoms with van der Waals surface area (Å²) in [5, 5.41) is 6.37. The van der Waals surface area contributed by atoms with Crippen molar-refractivity contribution in [1.29, 1.82) is 0 Å². The second-order valence-corrected chi connectivity index (χ2v) is 10.0. The van der Waals surface area contributed by atoms with Crippen molar-refractivity contribution in [2.75, 3.05) is 7.11 Å². The van der Waals surface area contributed by atoms with Crippen LogP contribution in [-0.4, -0.2) is 40.0 Å². The number of carbonyl (C=O) groups excluding carboxylic acids is 2. The maximum absolute atomic E-state index is 13.8. The lowest BCUT2D eigenvalue weighted by Gasteiger charge is -2.44. The quantitative estimate of drug-likeness (QED) is 0.618. The number of carbonyl (C=O) groups is 2. The van der Waals surface area contributed by atoms with Crippen molar-refractivity contribution < 1.29 is 14.3 Å².